The number of fused-ring (bicyclic) bond motifs is 1. The van der Waals surface area contributed by atoms with Gasteiger partial charge in [0.1, 0.15) is 5.60 Å². The van der Waals surface area contributed by atoms with Gasteiger partial charge >= 0.3 is 0 Å². The lowest BCUT2D eigenvalue weighted by Crippen LogP contribution is -2.31. The van der Waals surface area contributed by atoms with E-state index in [4.69, 9.17) is 14.7 Å². The van der Waals surface area contributed by atoms with Gasteiger partial charge in [0, 0.05) is 37.4 Å². The lowest BCUT2D eigenvalue weighted by molar-refractivity contribution is -0.0211. The number of nitrogens with one attached hydrogen (secondary N) is 1. The van der Waals surface area contributed by atoms with Crippen molar-refractivity contribution < 1.29 is 4.74 Å². The van der Waals surface area contributed by atoms with E-state index in [0.717, 1.165) is 38.2 Å². The van der Waals surface area contributed by atoms with Crippen molar-refractivity contribution in [1.82, 2.24) is 15.3 Å². The van der Waals surface area contributed by atoms with Gasteiger partial charge in [-0.05, 0) is 27.2 Å². The van der Waals surface area contributed by atoms with Crippen LogP contribution in [0.3, 0.4) is 0 Å². The van der Waals surface area contributed by atoms with Crippen LogP contribution in [0.15, 0.2) is 0 Å². The van der Waals surface area contributed by atoms with Crippen LogP contribution in [0.5, 0.6) is 0 Å². The number of aromatic nitrogens is 2. The van der Waals surface area contributed by atoms with Crippen molar-refractivity contribution in [2.24, 2.45) is 0 Å². The normalized spacial score (nSPS) is 15.4. The standard InChI is InChI=1S/C15H25N3O/c1-5-7-12-11-10-16-9-8-13(11)18-14(17-12)15(3,4)19-6-2/h16H,5-10H2,1-4H3. The Balaban J connectivity index is 2.43. The van der Waals surface area contributed by atoms with E-state index in [0.29, 0.717) is 6.61 Å². The van der Waals surface area contributed by atoms with Crippen molar-refractivity contribution in [3.63, 3.8) is 0 Å². The maximum Gasteiger partial charge on any atom is 0.160 e. The van der Waals surface area contributed by atoms with Crippen molar-refractivity contribution in [3.05, 3.63) is 22.8 Å². The molecule has 19 heavy (non-hydrogen) atoms. The summed E-state index contributed by atoms with van der Waals surface area (Å²) in [5, 5.41) is 3.41. The first kappa shape index (κ1) is 14.4. The number of nitrogens with zero attached hydrogens (tertiary/aromatic N) is 2. The zero-order chi connectivity index (χ0) is 13.9. The number of hydrogen-bond donors (Lipinski definition) is 1. The molecule has 0 unspecified atom stereocenters. The Morgan fingerprint density at radius 3 is 2.74 bits per heavy atom. The Morgan fingerprint density at radius 1 is 1.26 bits per heavy atom. The predicted molar refractivity (Wildman–Crippen MR) is 76.1 cm³/mol. The van der Waals surface area contributed by atoms with Crippen LogP contribution in [0.4, 0.5) is 0 Å². The second-order valence-electron chi connectivity index (χ2n) is 5.54. The van der Waals surface area contributed by atoms with E-state index in [1.54, 1.807) is 0 Å². The zero-order valence-corrected chi connectivity index (χ0v) is 12.5. The summed E-state index contributed by atoms with van der Waals surface area (Å²) in [6.45, 7) is 10.9. The minimum Gasteiger partial charge on any atom is -0.368 e. The van der Waals surface area contributed by atoms with Gasteiger partial charge in [0.2, 0.25) is 0 Å². The molecular formula is C15H25N3O. The van der Waals surface area contributed by atoms with Gasteiger partial charge < -0.3 is 10.1 Å². The lowest BCUT2D eigenvalue weighted by Gasteiger charge is -2.27. The summed E-state index contributed by atoms with van der Waals surface area (Å²) in [5.74, 6) is 0.832. The van der Waals surface area contributed by atoms with Gasteiger partial charge in [-0.25, -0.2) is 9.97 Å². The molecular weight excluding hydrogens is 238 g/mol. The minimum absolute atomic E-state index is 0.406. The molecule has 0 amide bonds. The summed E-state index contributed by atoms with van der Waals surface area (Å²) in [6, 6.07) is 0. The monoisotopic (exact) mass is 263 g/mol. The Bertz CT molecular complexity index is 443. The third kappa shape index (κ3) is 3.12. The van der Waals surface area contributed by atoms with Crippen molar-refractivity contribution in [2.45, 2.75) is 59.1 Å². The SMILES string of the molecule is CCCc1nc(C(C)(C)OCC)nc2c1CNCC2. The Labute approximate surface area is 116 Å². The average molecular weight is 263 g/mol. The highest BCUT2D eigenvalue weighted by Gasteiger charge is 2.27. The van der Waals surface area contributed by atoms with Gasteiger partial charge in [-0.2, -0.15) is 0 Å². The molecule has 0 bridgehead atoms. The molecule has 4 heteroatoms. The van der Waals surface area contributed by atoms with Crippen LogP contribution >= 0.6 is 0 Å². The number of aryl methyl sites for hydroxylation is 1. The third-order valence-corrected chi connectivity index (χ3v) is 3.55. The summed E-state index contributed by atoms with van der Waals surface area (Å²) in [4.78, 5) is 9.56. The third-order valence-electron chi connectivity index (χ3n) is 3.55. The van der Waals surface area contributed by atoms with Crippen LogP contribution in [0.1, 0.15) is 56.9 Å². The second kappa shape index (κ2) is 5.97. The van der Waals surface area contributed by atoms with Gasteiger partial charge in [0.25, 0.3) is 0 Å². The fourth-order valence-corrected chi connectivity index (χ4v) is 2.55. The highest BCUT2D eigenvalue weighted by molar-refractivity contribution is 5.29. The van der Waals surface area contributed by atoms with E-state index in [1.807, 2.05) is 6.92 Å². The van der Waals surface area contributed by atoms with E-state index in [9.17, 15) is 0 Å². The molecule has 4 nitrogen and oxygen atoms in total. The quantitative estimate of drug-likeness (QED) is 0.886. The number of ether oxygens (including phenoxy) is 1. The largest absolute Gasteiger partial charge is 0.368 e. The molecule has 0 atom stereocenters. The summed E-state index contributed by atoms with van der Waals surface area (Å²) in [7, 11) is 0. The molecule has 0 spiro atoms. The van der Waals surface area contributed by atoms with Crippen LogP contribution in [-0.2, 0) is 29.7 Å². The molecule has 0 saturated carbocycles. The van der Waals surface area contributed by atoms with Crippen LogP contribution < -0.4 is 5.32 Å². The Hall–Kier alpha value is -1.00. The molecule has 1 aromatic rings. The number of hydrogen-bond acceptors (Lipinski definition) is 4. The molecule has 106 valence electrons. The first-order valence-electron chi connectivity index (χ1n) is 7.32. The average Bonchev–Trinajstić information content (AvgIpc) is 2.39. The van der Waals surface area contributed by atoms with Crippen molar-refractivity contribution in [2.75, 3.05) is 13.2 Å². The fraction of sp³-hybridized carbons (Fsp3) is 0.733. The van der Waals surface area contributed by atoms with Crippen molar-refractivity contribution >= 4 is 0 Å². The molecule has 1 aliphatic rings. The van der Waals surface area contributed by atoms with Gasteiger partial charge in [0.15, 0.2) is 5.82 Å². The summed E-state index contributed by atoms with van der Waals surface area (Å²) in [6.07, 6.45) is 3.11. The topological polar surface area (TPSA) is 47.0 Å². The van der Waals surface area contributed by atoms with Crippen molar-refractivity contribution in [1.29, 1.82) is 0 Å². The summed E-state index contributed by atoms with van der Waals surface area (Å²) < 4.78 is 5.80. The van der Waals surface area contributed by atoms with E-state index in [-0.39, 0.29) is 0 Å². The molecule has 1 aromatic heterocycles. The predicted octanol–water partition coefficient (Wildman–Crippen LogP) is 2.35. The van der Waals surface area contributed by atoms with Gasteiger partial charge in [-0.15, -0.1) is 0 Å². The minimum atomic E-state index is -0.406. The molecule has 0 aliphatic carbocycles. The molecule has 2 rings (SSSR count). The molecule has 1 N–H and O–H groups in total. The fourth-order valence-electron chi connectivity index (χ4n) is 2.55. The van der Waals surface area contributed by atoms with Crippen LogP contribution in [-0.4, -0.2) is 23.1 Å². The maximum atomic E-state index is 5.80. The van der Waals surface area contributed by atoms with E-state index < -0.39 is 5.60 Å². The van der Waals surface area contributed by atoms with Crippen LogP contribution in [0.2, 0.25) is 0 Å². The molecule has 0 radical (unpaired) electrons. The first-order valence-corrected chi connectivity index (χ1v) is 7.32. The van der Waals surface area contributed by atoms with Gasteiger partial charge in [-0.3, -0.25) is 0 Å². The second-order valence-corrected chi connectivity index (χ2v) is 5.54. The van der Waals surface area contributed by atoms with E-state index in [1.165, 1.54) is 17.0 Å². The summed E-state index contributed by atoms with van der Waals surface area (Å²) >= 11 is 0. The van der Waals surface area contributed by atoms with Gasteiger partial charge in [0.05, 0.1) is 5.69 Å². The maximum absolute atomic E-state index is 5.80. The lowest BCUT2D eigenvalue weighted by atomic mass is 10.0. The molecule has 2 heterocycles. The zero-order valence-electron chi connectivity index (χ0n) is 12.5. The summed E-state index contributed by atoms with van der Waals surface area (Å²) in [5.41, 5.74) is 3.31. The Kier molecular flexibility index (Phi) is 4.53. The number of rotatable bonds is 5. The van der Waals surface area contributed by atoms with Crippen LogP contribution in [0, 0.1) is 0 Å². The van der Waals surface area contributed by atoms with E-state index >= 15 is 0 Å². The highest BCUT2D eigenvalue weighted by atomic mass is 16.5. The highest BCUT2D eigenvalue weighted by Crippen LogP contribution is 2.25. The van der Waals surface area contributed by atoms with Crippen LogP contribution in [0.25, 0.3) is 0 Å². The first-order chi connectivity index (χ1) is 9.08. The molecule has 0 aromatic carbocycles. The molecule has 0 saturated heterocycles. The van der Waals surface area contributed by atoms with E-state index in [2.05, 4.69) is 26.1 Å². The van der Waals surface area contributed by atoms with Crippen molar-refractivity contribution in [3.8, 4) is 0 Å². The Morgan fingerprint density at radius 2 is 2.05 bits per heavy atom. The molecule has 1 aliphatic heterocycles. The van der Waals surface area contributed by atoms with Gasteiger partial charge in [-0.1, -0.05) is 13.3 Å². The smallest absolute Gasteiger partial charge is 0.160 e. The molecule has 0 fully saturated rings.